The van der Waals surface area contributed by atoms with Gasteiger partial charge in [-0.15, -0.1) is 0 Å². The second kappa shape index (κ2) is 7.84. The third-order valence-corrected chi connectivity index (χ3v) is 8.47. The van der Waals surface area contributed by atoms with Gasteiger partial charge in [0.2, 0.25) is 0 Å². The summed E-state index contributed by atoms with van der Waals surface area (Å²) in [5, 5.41) is 7.58. The van der Waals surface area contributed by atoms with Crippen molar-refractivity contribution < 1.29 is 0 Å². The van der Waals surface area contributed by atoms with Gasteiger partial charge in [0.15, 0.2) is 0 Å². The fourth-order valence-corrected chi connectivity index (χ4v) is 6.74. The second-order valence-electron chi connectivity index (χ2n) is 10.6. The Kier molecular flexibility index (Phi) is 4.23. The van der Waals surface area contributed by atoms with Gasteiger partial charge >= 0.3 is 0 Å². The van der Waals surface area contributed by atoms with Crippen molar-refractivity contribution in [3.8, 4) is 5.69 Å². The van der Waals surface area contributed by atoms with Gasteiger partial charge in [-0.25, -0.2) is 4.99 Å². The largest absolute Gasteiger partial charge is 0.397 e. The molecule has 0 fully saturated rings. The van der Waals surface area contributed by atoms with Crippen LogP contribution in [-0.2, 0) is 6.54 Å². The van der Waals surface area contributed by atoms with Crippen LogP contribution in [-0.4, -0.2) is 14.8 Å². The maximum Gasteiger partial charge on any atom is 0.0863 e. The zero-order chi connectivity index (χ0) is 26.4. The van der Waals surface area contributed by atoms with Gasteiger partial charge in [0.1, 0.15) is 0 Å². The molecule has 9 rings (SSSR count). The van der Waals surface area contributed by atoms with Crippen LogP contribution in [0.4, 0.5) is 11.4 Å². The topological polar surface area (TPSA) is 48.2 Å². The monoisotopic (exact) mass is 512 g/mol. The van der Waals surface area contributed by atoms with Crippen molar-refractivity contribution >= 4 is 71.5 Å². The summed E-state index contributed by atoms with van der Waals surface area (Å²) in [6, 6.07) is 43.1. The third kappa shape index (κ3) is 2.82. The number of benzene rings is 6. The quantitative estimate of drug-likeness (QED) is 0.231. The highest BCUT2D eigenvalue weighted by Crippen LogP contribution is 2.44. The van der Waals surface area contributed by atoms with Crippen molar-refractivity contribution in [1.29, 1.82) is 0 Å². The van der Waals surface area contributed by atoms with E-state index in [2.05, 4.69) is 106 Å². The summed E-state index contributed by atoms with van der Waals surface area (Å²) < 4.78 is 4.86. The van der Waals surface area contributed by atoms with Gasteiger partial charge in [-0.05, 0) is 59.3 Å². The number of nitrogens with two attached hydrogens (primary N) is 1. The summed E-state index contributed by atoms with van der Waals surface area (Å²) in [5.41, 5.74) is 16.2. The Labute approximate surface area is 230 Å². The Morgan fingerprint density at radius 1 is 0.600 bits per heavy atom. The SMILES string of the molecule is Nc1ccccc1N=C1Cn2c3cc4c5ccccc5n(-c5ccccc5)c4cc3c3c4ccccc4cc1c32. The van der Waals surface area contributed by atoms with Crippen molar-refractivity contribution in [3.05, 3.63) is 127 Å². The predicted octanol–water partition coefficient (Wildman–Crippen LogP) is 8.76. The number of aromatic nitrogens is 2. The van der Waals surface area contributed by atoms with E-state index >= 15 is 0 Å². The van der Waals surface area contributed by atoms with Crippen molar-refractivity contribution in [2.75, 3.05) is 5.73 Å². The lowest BCUT2D eigenvalue weighted by atomic mass is 9.98. The highest BCUT2D eigenvalue weighted by Gasteiger charge is 2.27. The number of nitrogen functional groups attached to an aromatic ring is 1. The minimum absolute atomic E-state index is 0.698. The van der Waals surface area contributed by atoms with E-state index in [1.165, 1.54) is 65.6 Å². The van der Waals surface area contributed by atoms with E-state index < -0.39 is 0 Å². The van der Waals surface area contributed by atoms with E-state index in [-0.39, 0.29) is 0 Å². The van der Waals surface area contributed by atoms with Gasteiger partial charge in [-0.3, -0.25) is 0 Å². The molecule has 2 N–H and O–H groups in total. The lowest BCUT2D eigenvalue weighted by molar-refractivity contribution is 0.963. The van der Waals surface area contributed by atoms with E-state index in [0.29, 0.717) is 12.2 Å². The van der Waals surface area contributed by atoms with Gasteiger partial charge in [-0.1, -0.05) is 72.8 Å². The van der Waals surface area contributed by atoms with E-state index in [9.17, 15) is 0 Å². The second-order valence-corrected chi connectivity index (χ2v) is 10.6. The number of fused-ring (bicyclic) bond motifs is 8. The fourth-order valence-electron chi connectivity index (χ4n) is 6.74. The number of hydrogen-bond acceptors (Lipinski definition) is 2. The molecule has 0 saturated carbocycles. The lowest BCUT2D eigenvalue weighted by Gasteiger charge is -2.09. The molecule has 0 bridgehead atoms. The molecule has 0 aliphatic carbocycles. The number of aliphatic imine (C=N–C) groups is 1. The summed E-state index contributed by atoms with van der Waals surface area (Å²) in [4.78, 5) is 5.11. The Hall–Kier alpha value is -5.35. The van der Waals surface area contributed by atoms with Gasteiger partial charge in [0.05, 0.1) is 45.7 Å². The Bertz CT molecular complexity index is 2350. The van der Waals surface area contributed by atoms with Crippen LogP contribution in [0.3, 0.4) is 0 Å². The summed E-state index contributed by atoms with van der Waals surface area (Å²) in [6.07, 6.45) is 0. The minimum Gasteiger partial charge on any atom is -0.397 e. The standard InChI is InChI=1S/C36H24N4/c37-29-15-7-8-16-30(29)38-31-21-39-33-19-26-25-14-6-9-17-32(25)40(23-11-2-1-3-12-23)34(26)20-28(33)35-24-13-5-4-10-22(24)18-27(31)36(35)39/h1-20H,21,37H2. The summed E-state index contributed by atoms with van der Waals surface area (Å²) >= 11 is 0. The minimum atomic E-state index is 0.698. The third-order valence-electron chi connectivity index (χ3n) is 8.47. The number of para-hydroxylation sites is 4. The van der Waals surface area contributed by atoms with Gasteiger partial charge in [0.25, 0.3) is 0 Å². The average Bonchev–Trinajstić information content (AvgIpc) is 3.62. The summed E-state index contributed by atoms with van der Waals surface area (Å²) in [5.74, 6) is 0. The van der Waals surface area contributed by atoms with E-state index in [4.69, 9.17) is 10.7 Å². The Balaban J connectivity index is 1.44. The molecule has 0 saturated heterocycles. The molecule has 2 aromatic heterocycles. The molecule has 0 atom stereocenters. The first-order valence-corrected chi connectivity index (χ1v) is 13.6. The zero-order valence-corrected chi connectivity index (χ0v) is 21.7. The highest BCUT2D eigenvalue weighted by molar-refractivity contribution is 6.31. The normalized spacial score (nSPS) is 14.1. The van der Waals surface area contributed by atoms with Crippen molar-refractivity contribution in [2.45, 2.75) is 6.54 Å². The molecule has 40 heavy (non-hydrogen) atoms. The van der Waals surface area contributed by atoms with Crippen LogP contribution < -0.4 is 5.73 Å². The average molecular weight is 513 g/mol. The van der Waals surface area contributed by atoms with E-state index in [0.717, 1.165) is 11.4 Å². The highest BCUT2D eigenvalue weighted by atomic mass is 15.0. The molecule has 0 amide bonds. The molecular weight excluding hydrogens is 488 g/mol. The smallest absolute Gasteiger partial charge is 0.0863 e. The molecule has 0 radical (unpaired) electrons. The predicted molar refractivity (Wildman–Crippen MR) is 168 cm³/mol. The number of nitrogens with zero attached hydrogens (tertiary/aromatic N) is 3. The van der Waals surface area contributed by atoms with Gasteiger partial charge < -0.3 is 14.9 Å². The fraction of sp³-hybridized carbons (Fsp3) is 0.0278. The molecule has 0 unspecified atom stereocenters. The molecule has 1 aliphatic heterocycles. The van der Waals surface area contributed by atoms with Crippen LogP contribution >= 0.6 is 0 Å². The van der Waals surface area contributed by atoms with Crippen LogP contribution in [0.1, 0.15) is 5.56 Å². The molecular formula is C36H24N4. The first-order chi connectivity index (χ1) is 19.8. The molecule has 3 heterocycles. The van der Waals surface area contributed by atoms with E-state index in [1.54, 1.807) is 0 Å². The zero-order valence-electron chi connectivity index (χ0n) is 21.7. The van der Waals surface area contributed by atoms with Crippen LogP contribution in [0.5, 0.6) is 0 Å². The van der Waals surface area contributed by atoms with Gasteiger partial charge in [-0.2, -0.15) is 0 Å². The number of hydrogen-bond donors (Lipinski definition) is 1. The van der Waals surface area contributed by atoms with E-state index in [1.807, 2.05) is 24.3 Å². The van der Waals surface area contributed by atoms with Crippen LogP contribution in [0.2, 0.25) is 0 Å². The number of rotatable bonds is 2. The molecule has 8 aromatic rings. The Morgan fingerprint density at radius 3 is 2.20 bits per heavy atom. The maximum atomic E-state index is 6.31. The summed E-state index contributed by atoms with van der Waals surface area (Å²) in [6.45, 7) is 0.711. The van der Waals surface area contributed by atoms with Crippen molar-refractivity contribution in [3.63, 3.8) is 0 Å². The molecule has 0 spiro atoms. The van der Waals surface area contributed by atoms with Crippen LogP contribution in [0.25, 0.3) is 60.1 Å². The molecule has 6 aromatic carbocycles. The molecule has 4 nitrogen and oxygen atoms in total. The molecule has 188 valence electrons. The number of anilines is 1. The first-order valence-electron chi connectivity index (χ1n) is 13.6. The first kappa shape index (κ1) is 21.6. The Morgan fingerprint density at radius 2 is 1.32 bits per heavy atom. The lowest BCUT2D eigenvalue weighted by Crippen LogP contribution is -2.03. The summed E-state index contributed by atoms with van der Waals surface area (Å²) in [7, 11) is 0. The van der Waals surface area contributed by atoms with Crippen LogP contribution in [0.15, 0.2) is 126 Å². The molecule has 1 aliphatic rings. The van der Waals surface area contributed by atoms with Crippen molar-refractivity contribution in [2.24, 2.45) is 4.99 Å². The molecule has 4 heteroatoms. The van der Waals surface area contributed by atoms with Crippen LogP contribution in [0, 0.1) is 0 Å². The van der Waals surface area contributed by atoms with Gasteiger partial charge in [0, 0.05) is 32.8 Å². The van der Waals surface area contributed by atoms with Crippen molar-refractivity contribution in [1.82, 2.24) is 9.13 Å². The maximum absolute atomic E-state index is 6.31.